The number of benzene rings is 2. The summed E-state index contributed by atoms with van der Waals surface area (Å²) in [6.07, 6.45) is 1.79. The molecule has 2 fully saturated rings. The van der Waals surface area contributed by atoms with Crippen molar-refractivity contribution < 1.29 is 22.7 Å². The van der Waals surface area contributed by atoms with Crippen LogP contribution >= 0.6 is 23.2 Å². The highest BCUT2D eigenvalue weighted by Gasteiger charge is 2.35. The summed E-state index contributed by atoms with van der Waals surface area (Å²) in [5.41, 5.74) is 1.17. The molecule has 4 nitrogen and oxygen atoms in total. The van der Waals surface area contributed by atoms with Crippen molar-refractivity contribution in [2.24, 2.45) is 0 Å². The summed E-state index contributed by atoms with van der Waals surface area (Å²) in [6.45, 7) is -0.480. The number of carbonyl (C=O) groups excluding carboxylic acids is 1. The molecule has 4 rings (SSSR count). The molecule has 2 aliphatic heterocycles. The first-order chi connectivity index (χ1) is 14.8. The van der Waals surface area contributed by atoms with Gasteiger partial charge in [-0.2, -0.15) is 8.78 Å². The highest BCUT2D eigenvalue weighted by molar-refractivity contribution is 6.35. The SMILES string of the molecule is O=C(c1cccc(OC(F)F)c1Cl)N1CCN2C[C@@H](c3ccc(F)c(Cl)c3)CC[C@@H]2C1. The van der Waals surface area contributed by atoms with E-state index in [1.54, 1.807) is 17.0 Å². The van der Waals surface area contributed by atoms with Crippen molar-refractivity contribution in [1.29, 1.82) is 0 Å². The summed E-state index contributed by atoms with van der Waals surface area (Å²) in [7, 11) is 0. The fourth-order valence-electron chi connectivity index (χ4n) is 4.43. The van der Waals surface area contributed by atoms with Gasteiger partial charge in [-0.25, -0.2) is 4.39 Å². The zero-order valence-corrected chi connectivity index (χ0v) is 18.1. The summed E-state index contributed by atoms with van der Waals surface area (Å²) < 4.78 is 43.0. The Balaban J connectivity index is 1.42. The molecule has 0 aliphatic carbocycles. The maximum atomic E-state index is 13.5. The lowest BCUT2D eigenvalue weighted by atomic mass is 9.86. The first kappa shape index (κ1) is 22.2. The third-order valence-electron chi connectivity index (χ3n) is 6.02. The summed E-state index contributed by atoms with van der Waals surface area (Å²) in [6, 6.07) is 9.38. The van der Waals surface area contributed by atoms with Crippen LogP contribution in [0.1, 0.15) is 34.7 Å². The molecule has 0 unspecified atom stereocenters. The lowest BCUT2D eigenvalue weighted by Crippen LogP contribution is -2.57. The van der Waals surface area contributed by atoms with E-state index in [4.69, 9.17) is 23.2 Å². The third kappa shape index (κ3) is 4.78. The Labute approximate surface area is 188 Å². The van der Waals surface area contributed by atoms with Crippen LogP contribution < -0.4 is 4.74 Å². The molecule has 166 valence electrons. The van der Waals surface area contributed by atoms with Crippen LogP contribution in [0.3, 0.4) is 0 Å². The van der Waals surface area contributed by atoms with Gasteiger partial charge in [-0.3, -0.25) is 9.69 Å². The number of hydrogen-bond donors (Lipinski definition) is 0. The van der Waals surface area contributed by atoms with Crippen molar-refractivity contribution in [3.8, 4) is 5.75 Å². The van der Waals surface area contributed by atoms with Crippen molar-refractivity contribution in [1.82, 2.24) is 9.80 Å². The molecular weight excluding hydrogens is 452 g/mol. The number of piperazine rings is 1. The van der Waals surface area contributed by atoms with Crippen LogP contribution in [0, 0.1) is 5.82 Å². The number of rotatable bonds is 4. The van der Waals surface area contributed by atoms with Crippen molar-refractivity contribution in [2.45, 2.75) is 31.4 Å². The van der Waals surface area contributed by atoms with E-state index in [0.29, 0.717) is 19.6 Å². The zero-order chi connectivity index (χ0) is 22.1. The monoisotopic (exact) mass is 472 g/mol. The largest absolute Gasteiger partial charge is 0.433 e. The van der Waals surface area contributed by atoms with Gasteiger partial charge >= 0.3 is 6.61 Å². The topological polar surface area (TPSA) is 32.8 Å². The van der Waals surface area contributed by atoms with Crippen LogP contribution in [0.5, 0.6) is 5.75 Å². The number of amides is 1. The van der Waals surface area contributed by atoms with Crippen LogP contribution in [0.15, 0.2) is 36.4 Å². The summed E-state index contributed by atoms with van der Waals surface area (Å²) in [5.74, 6) is -0.668. The van der Waals surface area contributed by atoms with Crippen molar-refractivity contribution in [3.05, 3.63) is 63.4 Å². The second-order valence-electron chi connectivity index (χ2n) is 7.84. The number of alkyl halides is 2. The lowest BCUT2D eigenvalue weighted by molar-refractivity contribution is -0.0498. The fourth-order valence-corrected chi connectivity index (χ4v) is 4.87. The zero-order valence-electron chi connectivity index (χ0n) is 16.5. The van der Waals surface area contributed by atoms with E-state index < -0.39 is 12.4 Å². The van der Waals surface area contributed by atoms with Gasteiger partial charge in [0, 0.05) is 32.2 Å². The first-order valence-electron chi connectivity index (χ1n) is 10.0. The Morgan fingerprint density at radius 2 is 1.90 bits per heavy atom. The molecule has 2 aliphatic rings. The molecule has 9 heteroatoms. The lowest BCUT2D eigenvalue weighted by Gasteiger charge is -2.46. The van der Waals surface area contributed by atoms with Crippen molar-refractivity contribution >= 4 is 29.1 Å². The molecule has 0 spiro atoms. The Bertz CT molecular complexity index is 976. The third-order valence-corrected chi connectivity index (χ3v) is 6.70. The average molecular weight is 473 g/mol. The van der Waals surface area contributed by atoms with E-state index in [-0.39, 0.29) is 39.2 Å². The summed E-state index contributed by atoms with van der Waals surface area (Å²) in [4.78, 5) is 17.1. The van der Waals surface area contributed by atoms with E-state index >= 15 is 0 Å². The number of halogens is 5. The second kappa shape index (κ2) is 9.27. The van der Waals surface area contributed by atoms with E-state index in [1.165, 1.54) is 24.3 Å². The average Bonchev–Trinajstić information content (AvgIpc) is 2.75. The smallest absolute Gasteiger partial charge is 0.387 e. The Morgan fingerprint density at radius 1 is 1.10 bits per heavy atom. The molecule has 2 aromatic rings. The normalized spacial score (nSPS) is 21.8. The number of carbonyl (C=O) groups is 1. The fraction of sp³-hybridized carbons (Fsp3) is 0.409. The summed E-state index contributed by atoms with van der Waals surface area (Å²) >= 11 is 12.1. The van der Waals surface area contributed by atoms with Crippen molar-refractivity contribution in [2.75, 3.05) is 26.2 Å². The molecule has 2 atom stereocenters. The van der Waals surface area contributed by atoms with Gasteiger partial charge in [0.1, 0.15) is 11.6 Å². The molecule has 2 saturated heterocycles. The minimum atomic E-state index is -3.02. The maximum Gasteiger partial charge on any atom is 0.387 e. The molecule has 1 amide bonds. The predicted molar refractivity (Wildman–Crippen MR) is 113 cm³/mol. The maximum absolute atomic E-state index is 13.5. The quantitative estimate of drug-likeness (QED) is 0.593. The van der Waals surface area contributed by atoms with Gasteiger partial charge in [0.25, 0.3) is 5.91 Å². The van der Waals surface area contributed by atoms with E-state index in [1.807, 2.05) is 0 Å². The number of hydrogen-bond acceptors (Lipinski definition) is 3. The molecule has 0 radical (unpaired) electrons. The van der Waals surface area contributed by atoms with Gasteiger partial charge in [0.05, 0.1) is 15.6 Å². The molecule has 0 N–H and O–H groups in total. The first-order valence-corrected chi connectivity index (χ1v) is 10.8. The minimum Gasteiger partial charge on any atom is -0.433 e. The van der Waals surface area contributed by atoms with Crippen molar-refractivity contribution in [3.63, 3.8) is 0 Å². The molecule has 0 bridgehead atoms. The molecule has 2 aromatic carbocycles. The van der Waals surface area contributed by atoms with Crippen LogP contribution in [0.25, 0.3) is 0 Å². The van der Waals surface area contributed by atoms with Gasteiger partial charge in [0.2, 0.25) is 0 Å². The van der Waals surface area contributed by atoms with E-state index in [9.17, 15) is 18.0 Å². The number of nitrogens with zero attached hydrogens (tertiary/aromatic N) is 2. The Morgan fingerprint density at radius 3 is 2.65 bits per heavy atom. The predicted octanol–water partition coefficient (Wildman–Crippen LogP) is 5.44. The second-order valence-corrected chi connectivity index (χ2v) is 8.63. The number of ether oxygens (including phenoxy) is 1. The van der Waals surface area contributed by atoms with Crippen LogP contribution in [-0.2, 0) is 0 Å². The van der Waals surface area contributed by atoms with Gasteiger partial charge < -0.3 is 9.64 Å². The van der Waals surface area contributed by atoms with Crippen LogP contribution in [-0.4, -0.2) is 54.5 Å². The summed E-state index contributed by atoms with van der Waals surface area (Å²) in [5, 5.41) is 0.0251. The highest BCUT2D eigenvalue weighted by atomic mass is 35.5. The minimum absolute atomic E-state index is 0.105. The Hall–Kier alpha value is -1.96. The molecule has 31 heavy (non-hydrogen) atoms. The van der Waals surface area contributed by atoms with Gasteiger partial charge in [-0.15, -0.1) is 0 Å². The number of piperidine rings is 1. The van der Waals surface area contributed by atoms with Gasteiger partial charge in [-0.05, 0) is 48.6 Å². The molecule has 0 saturated carbocycles. The van der Waals surface area contributed by atoms with Gasteiger partial charge in [-0.1, -0.05) is 35.3 Å². The highest BCUT2D eigenvalue weighted by Crippen LogP contribution is 2.35. The van der Waals surface area contributed by atoms with Crippen LogP contribution in [0.4, 0.5) is 13.2 Å². The molecule has 0 aromatic heterocycles. The Kier molecular flexibility index (Phi) is 6.65. The molecular formula is C22H21Cl2F3N2O2. The standard InChI is InChI=1S/C22H21Cl2F3N2O2/c23-17-10-13(5-7-18(17)25)14-4-6-15-12-29(9-8-28(15)11-14)21(30)16-2-1-3-19(20(16)24)31-22(26)27/h1-3,5,7,10,14-15,22H,4,6,8-9,11-12H2/t14-,15+/m0/s1. The van der Waals surface area contributed by atoms with Crippen LogP contribution in [0.2, 0.25) is 10.0 Å². The van der Waals surface area contributed by atoms with E-state index in [0.717, 1.165) is 24.9 Å². The van der Waals surface area contributed by atoms with E-state index in [2.05, 4.69) is 9.64 Å². The van der Waals surface area contributed by atoms with Gasteiger partial charge in [0.15, 0.2) is 0 Å². The molecule has 2 heterocycles. The number of fused-ring (bicyclic) bond motifs is 1.